The zero-order valence-electron chi connectivity index (χ0n) is 15.3. The van der Waals surface area contributed by atoms with Crippen molar-refractivity contribution >= 4 is 29.0 Å². The van der Waals surface area contributed by atoms with Gasteiger partial charge >= 0.3 is 0 Å². The van der Waals surface area contributed by atoms with E-state index in [1.807, 2.05) is 60.9 Å². The maximum absolute atomic E-state index is 11.1. The fourth-order valence-corrected chi connectivity index (χ4v) is 4.10. The number of aromatic hydroxyl groups is 1. The Morgan fingerprint density at radius 2 is 1.50 bits per heavy atom. The number of thioether (sulfide) groups is 1. The molecule has 0 saturated heterocycles. The maximum Gasteiger partial charge on any atom is 0.298 e. The predicted molar refractivity (Wildman–Crippen MR) is 115 cm³/mol. The SMILES string of the molecule is CSc1cc2c(-c3ccccc3)c(OC=O)cc(O)c2cc1-c1ccccc1. The fraction of sp³-hybridized carbons (Fsp3) is 0.0417. The van der Waals surface area contributed by atoms with Crippen LogP contribution in [0.1, 0.15) is 0 Å². The van der Waals surface area contributed by atoms with Gasteiger partial charge in [0.05, 0.1) is 0 Å². The zero-order valence-corrected chi connectivity index (χ0v) is 16.1. The third-order valence-corrected chi connectivity index (χ3v) is 5.50. The average Bonchev–Trinajstić information content (AvgIpc) is 2.74. The minimum Gasteiger partial charge on any atom is -0.507 e. The quantitative estimate of drug-likeness (QED) is 0.331. The highest BCUT2D eigenvalue weighted by atomic mass is 32.2. The van der Waals surface area contributed by atoms with Crippen molar-refractivity contribution in [2.24, 2.45) is 0 Å². The van der Waals surface area contributed by atoms with Crippen molar-refractivity contribution in [3.05, 3.63) is 78.9 Å². The van der Waals surface area contributed by atoms with Crippen LogP contribution in [0.25, 0.3) is 33.0 Å². The molecule has 0 radical (unpaired) electrons. The van der Waals surface area contributed by atoms with Gasteiger partial charge in [0.25, 0.3) is 6.47 Å². The molecule has 0 spiro atoms. The number of rotatable bonds is 5. The molecule has 0 aliphatic heterocycles. The van der Waals surface area contributed by atoms with Crippen LogP contribution in [0, 0.1) is 0 Å². The first-order valence-electron chi connectivity index (χ1n) is 8.81. The fourth-order valence-electron chi connectivity index (χ4n) is 3.46. The van der Waals surface area contributed by atoms with E-state index in [-0.39, 0.29) is 5.75 Å². The lowest BCUT2D eigenvalue weighted by molar-refractivity contribution is -0.120. The van der Waals surface area contributed by atoms with Gasteiger partial charge in [0.15, 0.2) is 0 Å². The largest absolute Gasteiger partial charge is 0.507 e. The van der Waals surface area contributed by atoms with Crippen molar-refractivity contribution in [1.82, 2.24) is 0 Å². The standard InChI is InChI=1S/C24H18O3S/c1-28-23-13-20-19(12-18(23)16-8-4-2-5-9-16)21(26)14-22(27-15-25)24(20)17-10-6-3-7-11-17/h2-15,26H,1H3. The van der Waals surface area contributed by atoms with Gasteiger partial charge in [-0.3, -0.25) is 4.79 Å². The number of hydrogen-bond donors (Lipinski definition) is 1. The molecule has 28 heavy (non-hydrogen) atoms. The van der Waals surface area contributed by atoms with Crippen LogP contribution in [0.15, 0.2) is 83.8 Å². The molecule has 1 N–H and O–H groups in total. The van der Waals surface area contributed by atoms with Crippen molar-refractivity contribution in [3.63, 3.8) is 0 Å². The molecular formula is C24H18O3S. The van der Waals surface area contributed by atoms with Crippen LogP contribution in [0.4, 0.5) is 0 Å². The second kappa shape index (κ2) is 7.79. The third kappa shape index (κ3) is 3.23. The van der Waals surface area contributed by atoms with E-state index in [1.54, 1.807) is 11.8 Å². The van der Waals surface area contributed by atoms with Crippen molar-refractivity contribution in [1.29, 1.82) is 0 Å². The highest BCUT2D eigenvalue weighted by Crippen LogP contribution is 2.45. The first-order valence-corrected chi connectivity index (χ1v) is 10.0. The van der Waals surface area contributed by atoms with E-state index in [4.69, 9.17) is 4.74 Å². The second-order valence-corrected chi connectivity index (χ2v) is 7.16. The van der Waals surface area contributed by atoms with Gasteiger partial charge in [-0.05, 0) is 40.5 Å². The summed E-state index contributed by atoms with van der Waals surface area (Å²) >= 11 is 1.64. The summed E-state index contributed by atoms with van der Waals surface area (Å²) in [6.07, 6.45) is 2.03. The summed E-state index contributed by atoms with van der Waals surface area (Å²) in [5.74, 6) is 0.419. The number of phenols is 1. The average molecular weight is 386 g/mol. The van der Waals surface area contributed by atoms with Gasteiger partial charge in [0, 0.05) is 21.9 Å². The highest BCUT2D eigenvalue weighted by Gasteiger charge is 2.18. The Hall–Kier alpha value is -3.24. The van der Waals surface area contributed by atoms with Crippen LogP contribution in [0.5, 0.6) is 11.5 Å². The molecule has 4 heteroatoms. The van der Waals surface area contributed by atoms with Gasteiger partial charge < -0.3 is 9.84 Å². The Bertz CT molecular complexity index is 1140. The van der Waals surface area contributed by atoms with Gasteiger partial charge in [-0.1, -0.05) is 60.7 Å². The van der Waals surface area contributed by atoms with Crippen molar-refractivity contribution in [3.8, 4) is 33.8 Å². The Morgan fingerprint density at radius 3 is 2.11 bits per heavy atom. The van der Waals surface area contributed by atoms with Gasteiger partial charge in [0.2, 0.25) is 0 Å². The van der Waals surface area contributed by atoms with Gasteiger partial charge in [0.1, 0.15) is 11.5 Å². The Morgan fingerprint density at radius 1 is 0.857 bits per heavy atom. The van der Waals surface area contributed by atoms with Crippen LogP contribution in [0.3, 0.4) is 0 Å². The van der Waals surface area contributed by atoms with E-state index < -0.39 is 0 Å². The summed E-state index contributed by atoms with van der Waals surface area (Å²) in [4.78, 5) is 12.1. The number of carbonyl (C=O) groups excluding carboxylic acids is 1. The van der Waals surface area contributed by atoms with Crippen LogP contribution in [-0.4, -0.2) is 17.8 Å². The third-order valence-electron chi connectivity index (χ3n) is 4.72. The van der Waals surface area contributed by atoms with Crippen molar-refractivity contribution in [2.75, 3.05) is 6.26 Å². The van der Waals surface area contributed by atoms with Crippen LogP contribution in [0.2, 0.25) is 0 Å². The summed E-state index contributed by atoms with van der Waals surface area (Å²) in [5.41, 5.74) is 3.85. The number of benzene rings is 4. The Balaban J connectivity index is 2.08. The molecule has 4 rings (SSSR count). The van der Waals surface area contributed by atoms with E-state index >= 15 is 0 Å². The van der Waals surface area contributed by atoms with E-state index in [0.29, 0.717) is 17.6 Å². The van der Waals surface area contributed by atoms with Crippen molar-refractivity contribution in [2.45, 2.75) is 4.90 Å². The van der Waals surface area contributed by atoms with E-state index in [1.165, 1.54) is 6.07 Å². The molecule has 0 unspecified atom stereocenters. The summed E-state index contributed by atoms with van der Waals surface area (Å²) < 4.78 is 5.22. The van der Waals surface area contributed by atoms with E-state index in [0.717, 1.165) is 32.5 Å². The second-order valence-electron chi connectivity index (χ2n) is 6.31. The van der Waals surface area contributed by atoms with Gasteiger partial charge in [-0.25, -0.2) is 0 Å². The number of hydrogen-bond acceptors (Lipinski definition) is 4. The minimum absolute atomic E-state index is 0.0800. The maximum atomic E-state index is 11.1. The first kappa shape index (κ1) is 18.1. The van der Waals surface area contributed by atoms with E-state index in [2.05, 4.69) is 18.2 Å². The number of carbonyl (C=O) groups is 1. The monoisotopic (exact) mass is 386 g/mol. The van der Waals surface area contributed by atoms with Crippen LogP contribution in [-0.2, 0) is 4.79 Å². The summed E-state index contributed by atoms with van der Waals surface area (Å²) in [7, 11) is 0. The molecule has 0 aliphatic rings. The number of ether oxygens (including phenoxy) is 1. The van der Waals surface area contributed by atoms with Crippen LogP contribution < -0.4 is 4.74 Å². The Kier molecular flexibility index (Phi) is 5.04. The normalized spacial score (nSPS) is 10.8. The lowest BCUT2D eigenvalue weighted by Crippen LogP contribution is -1.95. The van der Waals surface area contributed by atoms with Gasteiger partial charge in [-0.2, -0.15) is 0 Å². The number of fused-ring (bicyclic) bond motifs is 1. The summed E-state index contributed by atoms with van der Waals surface area (Å²) in [6, 6.07) is 25.4. The topological polar surface area (TPSA) is 46.5 Å². The molecule has 138 valence electrons. The van der Waals surface area contributed by atoms with E-state index in [9.17, 15) is 9.90 Å². The predicted octanol–water partition coefficient (Wildman–Crippen LogP) is 6.14. The molecule has 4 aromatic carbocycles. The molecule has 0 fully saturated rings. The first-order chi connectivity index (χ1) is 13.7. The molecule has 0 aromatic heterocycles. The zero-order chi connectivity index (χ0) is 19.5. The Labute approximate surface area is 167 Å². The minimum atomic E-state index is 0.0800. The lowest BCUT2D eigenvalue weighted by atomic mass is 9.93. The smallest absolute Gasteiger partial charge is 0.298 e. The molecule has 0 heterocycles. The lowest BCUT2D eigenvalue weighted by Gasteiger charge is -2.16. The van der Waals surface area contributed by atoms with Crippen molar-refractivity contribution < 1.29 is 14.6 Å². The molecule has 0 atom stereocenters. The molecule has 0 bridgehead atoms. The highest BCUT2D eigenvalue weighted by molar-refractivity contribution is 7.98. The number of phenolic OH excluding ortho intramolecular Hbond substituents is 1. The molecule has 0 aliphatic carbocycles. The van der Waals surface area contributed by atoms with Gasteiger partial charge in [-0.15, -0.1) is 11.8 Å². The molecule has 0 saturated carbocycles. The molecular weight excluding hydrogens is 368 g/mol. The summed E-state index contributed by atoms with van der Waals surface area (Å²) in [6.45, 7) is 0.390. The molecule has 0 amide bonds. The molecule has 3 nitrogen and oxygen atoms in total. The summed E-state index contributed by atoms with van der Waals surface area (Å²) in [5, 5.41) is 12.2. The van der Waals surface area contributed by atoms with Crippen LogP contribution >= 0.6 is 11.8 Å². The molecule has 4 aromatic rings.